The number of amides is 1. The number of methoxy groups -OCH3 is 1. The summed E-state index contributed by atoms with van der Waals surface area (Å²) in [6, 6.07) is 0. The molecule has 1 amide bonds. The van der Waals surface area contributed by atoms with Gasteiger partial charge in [0.25, 0.3) is 0 Å². The van der Waals surface area contributed by atoms with Gasteiger partial charge in [-0.2, -0.15) is 0 Å². The molecular formula is C13H26N2O3. The Hall–Kier alpha value is -0.650. The molecule has 0 saturated carbocycles. The lowest BCUT2D eigenvalue weighted by Crippen LogP contribution is -2.45. The number of aliphatic hydroxyl groups is 1. The molecular weight excluding hydrogens is 232 g/mol. The molecule has 18 heavy (non-hydrogen) atoms. The molecule has 0 aromatic rings. The monoisotopic (exact) mass is 258 g/mol. The quantitative estimate of drug-likeness (QED) is 0.708. The van der Waals surface area contributed by atoms with Crippen molar-refractivity contribution >= 4 is 5.91 Å². The van der Waals surface area contributed by atoms with Crippen LogP contribution in [0.25, 0.3) is 0 Å². The van der Waals surface area contributed by atoms with Gasteiger partial charge in [-0.25, -0.2) is 0 Å². The molecule has 1 rings (SSSR count). The van der Waals surface area contributed by atoms with Gasteiger partial charge in [-0.15, -0.1) is 0 Å². The van der Waals surface area contributed by atoms with Crippen molar-refractivity contribution in [1.29, 1.82) is 0 Å². The first-order valence-corrected chi connectivity index (χ1v) is 6.77. The number of likely N-dealkylation sites (tertiary alicyclic amines) is 1. The van der Waals surface area contributed by atoms with Gasteiger partial charge in [0.05, 0.1) is 19.8 Å². The molecule has 1 unspecified atom stereocenters. The van der Waals surface area contributed by atoms with Crippen molar-refractivity contribution in [2.45, 2.75) is 19.8 Å². The molecule has 0 spiro atoms. The van der Waals surface area contributed by atoms with Gasteiger partial charge >= 0.3 is 0 Å². The summed E-state index contributed by atoms with van der Waals surface area (Å²) < 4.78 is 5.01. The molecule has 0 bridgehead atoms. The predicted octanol–water partition coefficient (Wildman–Crippen LogP) is 0.186. The molecule has 1 heterocycles. The smallest absolute Gasteiger partial charge is 0.236 e. The van der Waals surface area contributed by atoms with Crippen molar-refractivity contribution < 1.29 is 14.6 Å². The first-order valence-electron chi connectivity index (χ1n) is 6.77. The third-order valence-corrected chi connectivity index (χ3v) is 3.40. The van der Waals surface area contributed by atoms with Crippen LogP contribution >= 0.6 is 0 Å². The van der Waals surface area contributed by atoms with E-state index < -0.39 is 0 Å². The lowest BCUT2D eigenvalue weighted by molar-refractivity contribution is -0.134. The number of aliphatic hydroxyl groups excluding tert-OH is 1. The van der Waals surface area contributed by atoms with Crippen molar-refractivity contribution in [2.24, 2.45) is 5.92 Å². The van der Waals surface area contributed by atoms with Crippen molar-refractivity contribution in [1.82, 2.24) is 9.80 Å². The lowest BCUT2D eigenvalue weighted by Gasteiger charge is -2.32. The zero-order chi connectivity index (χ0) is 13.4. The van der Waals surface area contributed by atoms with Gasteiger partial charge in [0, 0.05) is 33.3 Å². The largest absolute Gasteiger partial charge is 0.395 e. The van der Waals surface area contributed by atoms with Gasteiger partial charge in [0.1, 0.15) is 0 Å². The van der Waals surface area contributed by atoms with Crippen LogP contribution in [0.3, 0.4) is 0 Å². The normalized spacial score (nSPS) is 20.4. The van der Waals surface area contributed by atoms with Crippen molar-refractivity contribution in [3.05, 3.63) is 0 Å². The maximum atomic E-state index is 12.2. The zero-order valence-corrected chi connectivity index (χ0v) is 11.6. The molecule has 5 heteroatoms. The third-order valence-electron chi connectivity index (χ3n) is 3.40. The molecule has 1 atom stereocenters. The number of carbonyl (C=O) groups is 1. The van der Waals surface area contributed by atoms with E-state index in [-0.39, 0.29) is 12.5 Å². The van der Waals surface area contributed by atoms with Crippen LogP contribution in [0, 0.1) is 5.92 Å². The fourth-order valence-corrected chi connectivity index (χ4v) is 2.34. The topological polar surface area (TPSA) is 53.0 Å². The molecule has 5 nitrogen and oxygen atoms in total. The number of rotatable bonds is 7. The van der Waals surface area contributed by atoms with Crippen LogP contribution < -0.4 is 0 Å². The Balaban J connectivity index is 2.38. The number of piperidine rings is 1. The second-order valence-electron chi connectivity index (χ2n) is 5.08. The predicted molar refractivity (Wildman–Crippen MR) is 70.4 cm³/mol. The molecule has 1 aliphatic rings. The average molecular weight is 258 g/mol. The first-order chi connectivity index (χ1) is 8.67. The van der Waals surface area contributed by atoms with Crippen LogP contribution in [0.15, 0.2) is 0 Å². The number of nitrogens with zero attached hydrogens (tertiary/aromatic N) is 2. The Morgan fingerprint density at radius 3 is 2.89 bits per heavy atom. The van der Waals surface area contributed by atoms with Crippen LogP contribution in [-0.2, 0) is 9.53 Å². The van der Waals surface area contributed by atoms with E-state index in [0.717, 1.165) is 19.5 Å². The Kier molecular flexibility index (Phi) is 7.23. The number of hydrogen-bond donors (Lipinski definition) is 1. The average Bonchev–Trinajstić information content (AvgIpc) is 2.36. The molecule has 0 aromatic heterocycles. The lowest BCUT2D eigenvalue weighted by atomic mass is 10.0. The zero-order valence-electron chi connectivity index (χ0n) is 11.6. The minimum absolute atomic E-state index is 0.0768. The summed E-state index contributed by atoms with van der Waals surface area (Å²) in [6.45, 7) is 6.20. The molecule has 1 aliphatic heterocycles. The second-order valence-corrected chi connectivity index (χ2v) is 5.08. The minimum atomic E-state index is 0.0768. The van der Waals surface area contributed by atoms with Crippen LogP contribution in [-0.4, -0.2) is 73.9 Å². The summed E-state index contributed by atoms with van der Waals surface area (Å²) in [7, 11) is 1.64. The number of ether oxygens (including phenoxy) is 1. The summed E-state index contributed by atoms with van der Waals surface area (Å²) in [5.41, 5.74) is 0. The first kappa shape index (κ1) is 15.4. The highest BCUT2D eigenvalue weighted by atomic mass is 16.5. The van der Waals surface area contributed by atoms with E-state index >= 15 is 0 Å². The van der Waals surface area contributed by atoms with E-state index in [1.54, 1.807) is 7.11 Å². The van der Waals surface area contributed by atoms with Crippen LogP contribution in [0.2, 0.25) is 0 Å². The SMILES string of the molecule is COCCN(CCO)CC(=O)N1CCCC(C)C1. The van der Waals surface area contributed by atoms with Crippen molar-refractivity contribution in [3.63, 3.8) is 0 Å². The van der Waals surface area contributed by atoms with E-state index in [9.17, 15) is 4.79 Å². The van der Waals surface area contributed by atoms with Gasteiger partial charge in [-0.1, -0.05) is 6.92 Å². The van der Waals surface area contributed by atoms with E-state index in [1.807, 2.05) is 9.80 Å². The highest BCUT2D eigenvalue weighted by molar-refractivity contribution is 5.78. The summed E-state index contributed by atoms with van der Waals surface area (Å²) in [5.74, 6) is 0.777. The third kappa shape index (κ3) is 5.33. The maximum Gasteiger partial charge on any atom is 0.236 e. The molecule has 0 radical (unpaired) electrons. The molecule has 1 fully saturated rings. The molecule has 0 aliphatic carbocycles. The molecule has 106 valence electrons. The number of carbonyl (C=O) groups excluding carboxylic acids is 1. The Morgan fingerprint density at radius 2 is 2.28 bits per heavy atom. The van der Waals surface area contributed by atoms with E-state index in [1.165, 1.54) is 6.42 Å². The van der Waals surface area contributed by atoms with Gasteiger partial charge < -0.3 is 14.7 Å². The van der Waals surface area contributed by atoms with Crippen LogP contribution in [0.4, 0.5) is 0 Å². The van der Waals surface area contributed by atoms with E-state index in [0.29, 0.717) is 32.2 Å². The Labute approximate surface area is 110 Å². The van der Waals surface area contributed by atoms with Crippen molar-refractivity contribution in [3.8, 4) is 0 Å². The summed E-state index contributed by atoms with van der Waals surface area (Å²) in [6.07, 6.45) is 2.32. The summed E-state index contributed by atoms with van der Waals surface area (Å²) >= 11 is 0. The molecule has 1 saturated heterocycles. The van der Waals surface area contributed by atoms with Crippen molar-refractivity contribution in [2.75, 3.05) is 53.0 Å². The standard InChI is InChI=1S/C13H26N2O3/c1-12-4-3-5-15(10-12)13(17)11-14(6-8-16)7-9-18-2/h12,16H,3-11H2,1-2H3. The molecule has 1 N–H and O–H groups in total. The van der Waals surface area contributed by atoms with Crippen LogP contribution in [0.1, 0.15) is 19.8 Å². The van der Waals surface area contributed by atoms with Gasteiger partial charge in [-0.3, -0.25) is 9.69 Å². The second kappa shape index (κ2) is 8.45. The fourth-order valence-electron chi connectivity index (χ4n) is 2.34. The number of hydrogen-bond acceptors (Lipinski definition) is 4. The highest BCUT2D eigenvalue weighted by Gasteiger charge is 2.22. The van der Waals surface area contributed by atoms with Gasteiger partial charge in [0.15, 0.2) is 0 Å². The summed E-state index contributed by atoms with van der Waals surface area (Å²) in [5, 5.41) is 8.99. The van der Waals surface area contributed by atoms with Gasteiger partial charge in [0.2, 0.25) is 5.91 Å². The minimum Gasteiger partial charge on any atom is -0.395 e. The maximum absolute atomic E-state index is 12.2. The molecule has 0 aromatic carbocycles. The fraction of sp³-hybridized carbons (Fsp3) is 0.923. The van der Waals surface area contributed by atoms with E-state index in [2.05, 4.69) is 6.92 Å². The summed E-state index contributed by atoms with van der Waals surface area (Å²) in [4.78, 5) is 16.1. The van der Waals surface area contributed by atoms with Crippen LogP contribution in [0.5, 0.6) is 0 Å². The Morgan fingerprint density at radius 1 is 1.50 bits per heavy atom. The van der Waals surface area contributed by atoms with E-state index in [4.69, 9.17) is 9.84 Å². The van der Waals surface area contributed by atoms with Gasteiger partial charge in [-0.05, 0) is 18.8 Å². The highest BCUT2D eigenvalue weighted by Crippen LogP contribution is 2.15. The Bertz CT molecular complexity index is 248.